The van der Waals surface area contributed by atoms with Gasteiger partial charge in [0.05, 0.1) is 24.0 Å². The van der Waals surface area contributed by atoms with Gasteiger partial charge in [-0.2, -0.15) is 0 Å². The summed E-state index contributed by atoms with van der Waals surface area (Å²) in [7, 11) is 0. The Hall–Kier alpha value is -1.10. The first kappa shape index (κ1) is 14.3. The fourth-order valence-electron chi connectivity index (χ4n) is 3.31. The molecule has 19 heavy (non-hydrogen) atoms. The minimum absolute atomic E-state index is 0.00843. The van der Waals surface area contributed by atoms with Crippen LogP contribution < -0.4 is 0 Å². The van der Waals surface area contributed by atoms with Crippen LogP contribution in [0.15, 0.2) is 0 Å². The highest BCUT2D eigenvalue weighted by Crippen LogP contribution is 2.32. The van der Waals surface area contributed by atoms with Crippen LogP contribution in [-0.2, 0) is 14.3 Å². The number of aliphatic carboxylic acids is 1. The molecular weight excluding hydrogens is 246 g/mol. The molecule has 108 valence electrons. The van der Waals surface area contributed by atoms with Crippen LogP contribution in [0.4, 0.5) is 0 Å². The smallest absolute Gasteiger partial charge is 0.307 e. The van der Waals surface area contributed by atoms with Crippen molar-refractivity contribution in [1.29, 1.82) is 0 Å². The Morgan fingerprint density at radius 1 is 1.05 bits per heavy atom. The molecule has 0 aromatic carbocycles. The van der Waals surface area contributed by atoms with E-state index in [1.54, 1.807) is 4.90 Å². The molecule has 1 N–H and O–H groups in total. The predicted molar refractivity (Wildman–Crippen MR) is 69.7 cm³/mol. The fourth-order valence-corrected chi connectivity index (χ4v) is 3.31. The number of nitrogens with zero attached hydrogens (tertiary/aromatic N) is 1. The minimum atomic E-state index is -0.826. The zero-order valence-electron chi connectivity index (χ0n) is 11.7. The van der Waals surface area contributed by atoms with E-state index in [-0.39, 0.29) is 24.0 Å². The first-order valence-electron chi connectivity index (χ1n) is 7.16. The van der Waals surface area contributed by atoms with Crippen LogP contribution in [0, 0.1) is 11.8 Å². The molecule has 0 bridgehead atoms. The maximum Gasteiger partial charge on any atom is 0.307 e. The minimum Gasteiger partial charge on any atom is -0.481 e. The normalized spacial score (nSPS) is 36.0. The molecule has 2 fully saturated rings. The molecule has 2 rings (SSSR count). The second kappa shape index (κ2) is 5.90. The van der Waals surface area contributed by atoms with Gasteiger partial charge in [0.1, 0.15) is 0 Å². The maximum absolute atomic E-state index is 12.6. The van der Waals surface area contributed by atoms with Gasteiger partial charge in [-0.05, 0) is 26.7 Å². The van der Waals surface area contributed by atoms with Crippen molar-refractivity contribution < 1.29 is 19.4 Å². The summed E-state index contributed by atoms with van der Waals surface area (Å²) in [5, 5.41) is 9.26. The van der Waals surface area contributed by atoms with Crippen LogP contribution in [0.5, 0.6) is 0 Å². The highest BCUT2D eigenvalue weighted by atomic mass is 16.5. The van der Waals surface area contributed by atoms with Gasteiger partial charge in [-0.25, -0.2) is 0 Å². The van der Waals surface area contributed by atoms with E-state index < -0.39 is 11.9 Å². The Balaban J connectivity index is 2.06. The Morgan fingerprint density at radius 2 is 1.58 bits per heavy atom. The molecule has 1 saturated heterocycles. The summed E-state index contributed by atoms with van der Waals surface area (Å²) in [5.74, 6) is -1.67. The molecule has 0 spiro atoms. The summed E-state index contributed by atoms with van der Waals surface area (Å²) in [5.41, 5.74) is 0. The van der Waals surface area contributed by atoms with Crippen LogP contribution >= 0.6 is 0 Å². The second-order valence-corrected chi connectivity index (χ2v) is 5.84. The molecular formula is C14H23NO4. The van der Waals surface area contributed by atoms with E-state index in [9.17, 15) is 14.7 Å². The lowest BCUT2D eigenvalue weighted by atomic mass is 9.78. The van der Waals surface area contributed by atoms with Crippen LogP contribution in [-0.4, -0.2) is 47.2 Å². The van der Waals surface area contributed by atoms with Crippen LogP contribution in [0.2, 0.25) is 0 Å². The lowest BCUT2D eigenvalue weighted by Crippen LogP contribution is -2.52. The van der Waals surface area contributed by atoms with Crippen molar-refractivity contribution in [3.63, 3.8) is 0 Å². The van der Waals surface area contributed by atoms with Crippen molar-refractivity contribution in [2.45, 2.75) is 51.7 Å². The van der Waals surface area contributed by atoms with Crippen molar-refractivity contribution in [2.24, 2.45) is 11.8 Å². The molecule has 4 atom stereocenters. The zero-order valence-corrected chi connectivity index (χ0v) is 11.7. The lowest BCUT2D eigenvalue weighted by molar-refractivity contribution is -0.157. The third-order valence-electron chi connectivity index (χ3n) is 4.13. The van der Waals surface area contributed by atoms with E-state index in [0.717, 1.165) is 12.8 Å². The van der Waals surface area contributed by atoms with E-state index in [0.29, 0.717) is 25.9 Å². The van der Waals surface area contributed by atoms with E-state index in [1.165, 1.54) is 0 Å². The summed E-state index contributed by atoms with van der Waals surface area (Å²) in [4.78, 5) is 25.6. The SMILES string of the molecule is C[C@@H]1CN(C(=O)C2CCCCC2C(=O)O)C[C@H](C)O1. The van der Waals surface area contributed by atoms with Gasteiger partial charge in [0, 0.05) is 13.1 Å². The van der Waals surface area contributed by atoms with Crippen LogP contribution in [0.3, 0.4) is 0 Å². The van der Waals surface area contributed by atoms with Gasteiger partial charge in [-0.15, -0.1) is 0 Å². The number of carboxylic acid groups (broad SMARTS) is 1. The number of hydrogen-bond acceptors (Lipinski definition) is 3. The summed E-state index contributed by atoms with van der Waals surface area (Å²) >= 11 is 0. The molecule has 2 aliphatic rings. The van der Waals surface area contributed by atoms with Crippen LogP contribution in [0.1, 0.15) is 39.5 Å². The number of hydrogen-bond donors (Lipinski definition) is 1. The summed E-state index contributed by atoms with van der Waals surface area (Å²) in [6.07, 6.45) is 3.25. The van der Waals surface area contributed by atoms with E-state index in [1.807, 2.05) is 13.8 Å². The molecule has 1 amide bonds. The van der Waals surface area contributed by atoms with Gasteiger partial charge < -0.3 is 14.7 Å². The predicted octanol–water partition coefficient (Wildman–Crippen LogP) is 1.51. The average molecular weight is 269 g/mol. The standard InChI is InChI=1S/C14H23NO4/c1-9-7-15(8-10(2)19-9)13(16)11-5-3-4-6-12(11)14(17)18/h9-12H,3-8H2,1-2H3,(H,17,18)/t9-,10+,11?,12?. The van der Waals surface area contributed by atoms with Gasteiger partial charge >= 0.3 is 5.97 Å². The van der Waals surface area contributed by atoms with E-state index in [4.69, 9.17) is 4.74 Å². The molecule has 0 aromatic rings. The first-order valence-corrected chi connectivity index (χ1v) is 7.16. The van der Waals surface area contributed by atoms with Gasteiger partial charge in [-0.3, -0.25) is 9.59 Å². The molecule has 0 aromatic heterocycles. The maximum atomic E-state index is 12.6. The topological polar surface area (TPSA) is 66.8 Å². The average Bonchev–Trinajstić information content (AvgIpc) is 2.36. The fraction of sp³-hybridized carbons (Fsp3) is 0.857. The number of carbonyl (C=O) groups is 2. The molecule has 1 saturated carbocycles. The zero-order chi connectivity index (χ0) is 14.0. The molecule has 0 radical (unpaired) electrons. The second-order valence-electron chi connectivity index (χ2n) is 5.84. The Labute approximate surface area is 113 Å². The summed E-state index contributed by atoms with van der Waals surface area (Å²) in [6, 6.07) is 0. The van der Waals surface area contributed by atoms with Gasteiger partial charge in [-0.1, -0.05) is 12.8 Å². The monoisotopic (exact) mass is 269 g/mol. The molecule has 1 heterocycles. The summed E-state index contributed by atoms with van der Waals surface area (Å²) < 4.78 is 5.62. The Morgan fingerprint density at radius 3 is 2.11 bits per heavy atom. The third-order valence-corrected chi connectivity index (χ3v) is 4.13. The van der Waals surface area contributed by atoms with Crippen molar-refractivity contribution in [3.8, 4) is 0 Å². The highest BCUT2D eigenvalue weighted by Gasteiger charge is 2.39. The third kappa shape index (κ3) is 3.26. The van der Waals surface area contributed by atoms with Gasteiger partial charge in [0.2, 0.25) is 5.91 Å². The Kier molecular flexibility index (Phi) is 4.45. The van der Waals surface area contributed by atoms with E-state index in [2.05, 4.69) is 0 Å². The van der Waals surface area contributed by atoms with Crippen LogP contribution in [0.25, 0.3) is 0 Å². The number of carbonyl (C=O) groups excluding carboxylic acids is 1. The molecule has 5 heteroatoms. The van der Waals surface area contributed by atoms with Crippen molar-refractivity contribution in [1.82, 2.24) is 4.90 Å². The van der Waals surface area contributed by atoms with Crippen molar-refractivity contribution in [2.75, 3.05) is 13.1 Å². The number of ether oxygens (including phenoxy) is 1. The number of morpholine rings is 1. The molecule has 2 unspecified atom stereocenters. The first-order chi connectivity index (χ1) is 8.99. The largest absolute Gasteiger partial charge is 0.481 e. The van der Waals surface area contributed by atoms with Gasteiger partial charge in [0.15, 0.2) is 0 Å². The van der Waals surface area contributed by atoms with E-state index >= 15 is 0 Å². The number of carboxylic acids is 1. The number of rotatable bonds is 2. The van der Waals surface area contributed by atoms with Crippen molar-refractivity contribution in [3.05, 3.63) is 0 Å². The Bertz CT molecular complexity index is 347. The highest BCUT2D eigenvalue weighted by molar-refractivity contribution is 5.85. The molecule has 5 nitrogen and oxygen atoms in total. The lowest BCUT2D eigenvalue weighted by Gasteiger charge is -2.39. The number of amides is 1. The molecule has 1 aliphatic heterocycles. The molecule has 1 aliphatic carbocycles. The summed E-state index contributed by atoms with van der Waals surface area (Å²) in [6.45, 7) is 5.05. The van der Waals surface area contributed by atoms with Gasteiger partial charge in [0.25, 0.3) is 0 Å². The van der Waals surface area contributed by atoms with Crippen molar-refractivity contribution >= 4 is 11.9 Å². The quantitative estimate of drug-likeness (QED) is 0.825.